The molecule has 0 spiro atoms. The second kappa shape index (κ2) is 4.89. The van der Waals surface area contributed by atoms with E-state index in [1.807, 2.05) is 6.07 Å². The van der Waals surface area contributed by atoms with E-state index in [9.17, 15) is 4.79 Å². The predicted molar refractivity (Wildman–Crippen MR) is 56.1 cm³/mol. The highest BCUT2D eigenvalue weighted by atomic mass is 35.5. The Morgan fingerprint density at radius 2 is 2.36 bits per heavy atom. The minimum absolute atomic E-state index is 0.211. The van der Waals surface area contributed by atoms with Crippen LogP contribution in [0.1, 0.15) is 5.56 Å². The van der Waals surface area contributed by atoms with Gasteiger partial charge in [0.05, 0.1) is 16.3 Å². The number of carbonyl (C=O) groups excluding carboxylic acids is 1. The summed E-state index contributed by atoms with van der Waals surface area (Å²) >= 11 is 7.09. The standard InChI is InChI=1S/C9H7ClN2OS/c10-8-3-7(14-5-9(12)13)2-1-6(8)4-11/h1-3H,5H2,(H2,12,13). The number of amides is 1. The molecule has 3 nitrogen and oxygen atoms in total. The number of thioether (sulfide) groups is 1. The van der Waals surface area contributed by atoms with Crippen LogP contribution in [-0.4, -0.2) is 11.7 Å². The van der Waals surface area contributed by atoms with E-state index in [1.54, 1.807) is 18.2 Å². The molecule has 0 aliphatic rings. The highest BCUT2D eigenvalue weighted by Gasteiger charge is 2.02. The lowest BCUT2D eigenvalue weighted by Gasteiger charge is -2.00. The first kappa shape index (κ1) is 10.9. The van der Waals surface area contributed by atoms with Gasteiger partial charge in [-0.1, -0.05) is 11.6 Å². The quantitative estimate of drug-likeness (QED) is 0.799. The number of nitrogens with zero attached hydrogens (tertiary/aromatic N) is 1. The summed E-state index contributed by atoms with van der Waals surface area (Å²) in [6, 6.07) is 6.95. The maximum absolute atomic E-state index is 10.5. The molecule has 14 heavy (non-hydrogen) atoms. The van der Waals surface area contributed by atoms with Crippen molar-refractivity contribution in [3.63, 3.8) is 0 Å². The van der Waals surface area contributed by atoms with Crippen molar-refractivity contribution in [3.8, 4) is 6.07 Å². The lowest BCUT2D eigenvalue weighted by atomic mass is 10.2. The summed E-state index contributed by atoms with van der Waals surface area (Å²) in [7, 11) is 0. The molecule has 1 aromatic rings. The second-order valence-electron chi connectivity index (χ2n) is 2.51. The average molecular weight is 227 g/mol. The van der Waals surface area contributed by atoms with Gasteiger partial charge in [-0.15, -0.1) is 11.8 Å². The normalized spacial score (nSPS) is 9.43. The highest BCUT2D eigenvalue weighted by molar-refractivity contribution is 8.00. The third kappa shape index (κ3) is 2.95. The summed E-state index contributed by atoms with van der Waals surface area (Å²) in [5.74, 6) is -0.169. The van der Waals surface area contributed by atoms with Crippen LogP contribution in [0.4, 0.5) is 0 Å². The maximum Gasteiger partial charge on any atom is 0.227 e. The summed E-state index contributed by atoms with van der Waals surface area (Å²) in [4.78, 5) is 11.3. The van der Waals surface area contributed by atoms with Gasteiger partial charge in [-0.05, 0) is 18.2 Å². The summed E-state index contributed by atoms with van der Waals surface area (Å²) in [6.07, 6.45) is 0. The first-order valence-corrected chi connectivity index (χ1v) is 5.10. The molecule has 0 bridgehead atoms. The van der Waals surface area contributed by atoms with Crippen LogP contribution in [0, 0.1) is 11.3 Å². The molecule has 0 radical (unpaired) electrons. The van der Waals surface area contributed by atoms with Crippen molar-refractivity contribution >= 4 is 29.3 Å². The molecule has 5 heteroatoms. The van der Waals surface area contributed by atoms with Crippen LogP contribution in [0.15, 0.2) is 23.1 Å². The molecule has 1 aromatic carbocycles. The Balaban J connectivity index is 2.77. The fourth-order valence-electron chi connectivity index (χ4n) is 0.831. The molecule has 0 saturated heterocycles. The minimum Gasteiger partial charge on any atom is -0.369 e. The van der Waals surface area contributed by atoms with Crippen LogP contribution in [0.3, 0.4) is 0 Å². The zero-order valence-electron chi connectivity index (χ0n) is 7.16. The SMILES string of the molecule is N#Cc1ccc(SCC(N)=O)cc1Cl. The Bertz CT molecular complexity index is 400. The third-order valence-electron chi connectivity index (χ3n) is 1.44. The Morgan fingerprint density at radius 3 is 2.86 bits per heavy atom. The van der Waals surface area contributed by atoms with Gasteiger partial charge < -0.3 is 5.73 Å². The van der Waals surface area contributed by atoms with E-state index in [2.05, 4.69) is 0 Å². The molecule has 0 saturated carbocycles. The van der Waals surface area contributed by atoms with Crippen LogP contribution < -0.4 is 5.73 Å². The second-order valence-corrected chi connectivity index (χ2v) is 3.96. The number of nitrogens with two attached hydrogens (primary N) is 1. The van der Waals surface area contributed by atoms with Gasteiger partial charge in [0.25, 0.3) is 0 Å². The molecule has 2 N–H and O–H groups in total. The van der Waals surface area contributed by atoms with Crippen LogP contribution in [0.25, 0.3) is 0 Å². The van der Waals surface area contributed by atoms with Crippen molar-refractivity contribution in [2.75, 3.05) is 5.75 Å². The lowest BCUT2D eigenvalue weighted by molar-refractivity contribution is -0.115. The van der Waals surface area contributed by atoms with E-state index in [0.717, 1.165) is 4.90 Å². The van der Waals surface area contributed by atoms with E-state index in [0.29, 0.717) is 10.6 Å². The van der Waals surface area contributed by atoms with Crippen LogP contribution in [0.2, 0.25) is 5.02 Å². The van der Waals surface area contributed by atoms with E-state index in [1.165, 1.54) is 11.8 Å². The summed E-state index contributed by atoms with van der Waals surface area (Å²) in [5, 5.41) is 9.00. The van der Waals surface area contributed by atoms with Gasteiger partial charge in [-0.25, -0.2) is 0 Å². The largest absolute Gasteiger partial charge is 0.369 e. The summed E-state index contributed by atoms with van der Waals surface area (Å²) in [5.41, 5.74) is 5.42. The Labute approximate surface area is 90.8 Å². The fourth-order valence-corrected chi connectivity index (χ4v) is 1.79. The molecule has 72 valence electrons. The Hall–Kier alpha value is -1.18. The van der Waals surface area contributed by atoms with Gasteiger partial charge in [0.1, 0.15) is 6.07 Å². The fraction of sp³-hybridized carbons (Fsp3) is 0.111. The van der Waals surface area contributed by atoms with Gasteiger partial charge in [0.15, 0.2) is 0 Å². The van der Waals surface area contributed by atoms with Gasteiger partial charge in [0.2, 0.25) is 5.91 Å². The highest BCUT2D eigenvalue weighted by Crippen LogP contribution is 2.24. The van der Waals surface area contributed by atoms with Crippen molar-refractivity contribution in [2.24, 2.45) is 5.73 Å². The van der Waals surface area contributed by atoms with Gasteiger partial charge >= 0.3 is 0 Å². The first-order chi connectivity index (χ1) is 6.63. The topological polar surface area (TPSA) is 66.9 Å². The smallest absolute Gasteiger partial charge is 0.227 e. The first-order valence-electron chi connectivity index (χ1n) is 3.74. The molecular weight excluding hydrogens is 220 g/mol. The molecule has 0 aliphatic heterocycles. The number of hydrogen-bond acceptors (Lipinski definition) is 3. The minimum atomic E-state index is -0.379. The van der Waals surface area contributed by atoms with Gasteiger partial charge in [-0.3, -0.25) is 4.79 Å². The van der Waals surface area contributed by atoms with Crippen molar-refractivity contribution < 1.29 is 4.79 Å². The van der Waals surface area contributed by atoms with Crippen LogP contribution >= 0.6 is 23.4 Å². The molecule has 0 unspecified atom stereocenters. The van der Waals surface area contributed by atoms with E-state index >= 15 is 0 Å². The zero-order valence-corrected chi connectivity index (χ0v) is 8.73. The maximum atomic E-state index is 10.5. The Kier molecular flexibility index (Phi) is 3.81. The number of nitriles is 1. The van der Waals surface area contributed by atoms with E-state index in [-0.39, 0.29) is 11.7 Å². The van der Waals surface area contributed by atoms with Crippen LogP contribution in [0.5, 0.6) is 0 Å². The van der Waals surface area contributed by atoms with Gasteiger partial charge in [0, 0.05) is 4.90 Å². The van der Waals surface area contributed by atoms with Crippen molar-refractivity contribution in [1.29, 1.82) is 5.26 Å². The molecule has 0 aliphatic carbocycles. The number of primary amides is 1. The number of halogens is 1. The summed E-state index contributed by atoms with van der Waals surface area (Å²) in [6.45, 7) is 0. The third-order valence-corrected chi connectivity index (χ3v) is 2.77. The van der Waals surface area contributed by atoms with Crippen LogP contribution in [-0.2, 0) is 4.79 Å². The monoisotopic (exact) mass is 226 g/mol. The number of carbonyl (C=O) groups is 1. The molecule has 1 amide bonds. The predicted octanol–water partition coefficient (Wildman–Crippen LogP) is 1.79. The van der Waals surface area contributed by atoms with Crippen molar-refractivity contribution in [2.45, 2.75) is 4.90 Å². The molecule has 0 atom stereocenters. The Morgan fingerprint density at radius 1 is 1.64 bits per heavy atom. The number of rotatable bonds is 3. The molecule has 0 heterocycles. The van der Waals surface area contributed by atoms with E-state index in [4.69, 9.17) is 22.6 Å². The van der Waals surface area contributed by atoms with Crippen molar-refractivity contribution in [3.05, 3.63) is 28.8 Å². The summed E-state index contributed by atoms with van der Waals surface area (Å²) < 4.78 is 0. The number of hydrogen-bond donors (Lipinski definition) is 1. The molecule has 1 rings (SSSR count). The molecular formula is C9H7ClN2OS. The van der Waals surface area contributed by atoms with Crippen molar-refractivity contribution in [1.82, 2.24) is 0 Å². The van der Waals surface area contributed by atoms with E-state index < -0.39 is 0 Å². The number of benzene rings is 1. The molecule has 0 fully saturated rings. The zero-order chi connectivity index (χ0) is 10.6. The molecule has 0 aromatic heterocycles. The average Bonchev–Trinajstić information content (AvgIpc) is 2.15. The van der Waals surface area contributed by atoms with Gasteiger partial charge in [-0.2, -0.15) is 5.26 Å². The lowest BCUT2D eigenvalue weighted by Crippen LogP contribution is -2.12.